The average Bonchev–Trinajstić information content (AvgIpc) is 1.69. The highest BCUT2D eigenvalue weighted by molar-refractivity contribution is 6.22. The SMILES string of the molecule is c1ccc(-c2cccc(-c3cc(-c4nc(-c5ccc6ccccc6c5)nc(-c5ccc6ccccc6c5)n4)c4c(c3)oc3ccccc34)c2)cc1.c1ccc(-c2nc(-c3ccc4ccccc4c3)nc(-c3ccc(-c4cc5ccccc5c5ccccc45)c4oc5ccccc5c34)n2)cc1.c1ccc2cc(-c3nc(-c4ccc5ccccc5c4)nc(-c4c(-c5ccc6ccccc6c5)ccc5oc6ccccc6c45)n3)ccc2c1. The fourth-order valence-corrected chi connectivity index (χ4v) is 21.3. The number of fused-ring (bicyclic) bond motifs is 18. The molecule has 6 heterocycles. The van der Waals surface area contributed by atoms with E-state index in [9.17, 15) is 0 Å². The van der Waals surface area contributed by atoms with E-state index in [0.29, 0.717) is 52.4 Å². The highest BCUT2D eigenvalue weighted by atomic mass is 16.3. The van der Waals surface area contributed by atoms with Crippen LogP contribution in [0.15, 0.2) is 517 Å². The zero-order valence-corrected chi connectivity index (χ0v) is 80.2. The molecule has 0 fully saturated rings. The Hall–Kier alpha value is -20.2. The van der Waals surface area contributed by atoms with Gasteiger partial charge in [0.2, 0.25) is 0 Å². The second-order valence-electron chi connectivity index (χ2n) is 37.7. The Labute approximate surface area is 854 Å². The third-order valence-electron chi connectivity index (χ3n) is 28.7. The normalized spacial score (nSPS) is 11.6. The molecule has 0 atom stereocenters. The van der Waals surface area contributed by atoms with Gasteiger partial charge in [0.1, 0.15) is 33.5 Å². The molecule has 694 valence electrons. The number of nitrogens with zero attached hydrogens (tertiary/aromatic N) is 9. The van der Waals surface area contributed by atoms with Crippen molar-refractivity contribution < 1.29 is 13.3 Å². The molecular weight excluding hydrogens is 1820 g/mol. The van der Waals surface area contributed by atoms with Crippen molar-refractivity contribution in [3.05, 3.63) is 504 Å². The summed E-state index contributed by atoms with van der Waals surface area (Å²) in [5.74, 6) is 5.51. The van der Waals surface area contributed by atoms with Crippen molar-refractivity contribution in [3.8, 4) is 147 Å². The summed E-state index contributed by atoms with van der Waals surface area (Å²) in [4.78, 5) is 46.6. The fraction of sp³-hybridized carbons (Fsp3) is 0. The van der Waals surface area contributed by atoms with Crippen LogP contribution in [0.25, 0.3) is 299 Å². The third-order valence-corrected chi connectivity index (χ3v) is 28.7. The molecule has 30 aromatic rings. The molecule has 0 aliphatic carbocycles. The fourth-order valence-electron chi connectivity index (χ4n) is 21.3. The Morgan fingerprint density at radius 1 is 0.121 bits per heavy atom. The summed E-state index contributed by atoms with van der Waals surface area (Å²) in [7, 11) is 0. The maximum Gasteiger partial charge on any atom is 0.165 e. The Bertz CT molecular complexity index is 10400. The van der Waals surface area contributed by atoms with Gasteiger partial charge in [0.05, 0.1) is 0 Å². The number of furan rings is 3. The molecule has 12 nitrogen and oxygen atoms in total. The molecule has 0 radical (unpaired) electrons. The molecule has 30 rings (SSSR count). The lowest BCUT2D eigenvalue weighted by molar-refractivity contribution is 0.668. The summed E-state index contributed by atoms with van der Waals surface area (Å²) in [6, 6.07) is 175. The van der Waals surface area contributed by atoms with Gasteiger partial charge >= 0.3 is 0 Å². The van der Waals surface area contributed by atoms with Crippen molar-refractivity contribution in [3.63, 3.8) is 0 Å². The first-order valence-corrected chi connectivity index (χ1v) is 50.0. The zero-order valence-electron chi connectivity index (χ0n) is 80.2. The van der Waals surface area contributed by atoms with E-state index < -0.39 is 0 Å². The monoisotopic (exact) mass is 1900 g/mol. The summed E-state index contributed by atoms with van der Waals surface area (Å²) in [6.45, 7) is 0. The largest absolute Gasteiger partial charge is 0.456 e. The number of benzene rings is 24. The van der Waals surface area contributed by atoms with E-state index in [1.807, 2.05) is 78.9 Å². The Morgan fingerprint density at radius 2 is 0.443 bits per heavy atom. The molecule has 0 amide bonds. The average molecular weight is 1900 g/mol. The van der Waals surface area contributed by atoms with Gasteiger partial charge in [-0.3, -0.25) is 0 Å². The molecule has 0 bridgehead atoms. The van der Waals surface area contributed by atoms with Gasteiger partial charge in [0, 0.05) is 88.0 Å². The molecule has 0 saturated heterocycles. The van der Waals surface area contributed by atoms with Gasteiger partial charge in [-0.25, -0.2) is 44.9 Å². The van der Waals surface area contributed by atoms with E-state index in [-0.39, 0.29) is 0 Å². The minimum atomic E-state index is 0.592. The van der Waals surface area contributed by atoms with Crippen molar-refractivity contribution in [1.29, 1.82) is 0 Å². The molecule has 24 aromatic carbocycles. The summed E-state index contributed by atoms with van der Waals surface area (Å²) in [6.07, 6.45) is 0. The number of para-hydroxylation sites is 3. The van der Waals surface area contributed by atoms with Gasteiger partial charge in [-0.15, -0.1) is 0 Å². The van der Waals surface area contributed by atoms with Gasteiger partial charge in [-0.2, -0.15) is 0 Å². The molecule has 0 saturated carbocycles. The van der Waals surface area contributed by atoms with Crippen molar-refractivity contribution >= 4 is 152 Å². The topological polar surface area (TPSA) is 155 Å². The Balaban J connectivity index is 0.000000108. The Kier molecular flexibility index (Phi) is 21.3. The lowest BCUT2D eigenvalue weighted by atomic mass is 9.91. The second kappa shape index (κ2) is 36.6. The van der Waals surface area contributed by atoms with Crippen LogP contribution in [0, 0.1) is 0 Å². The van der Waals surface area contributed by atoms with E-state index in [4.69, 9.17) is 58.1 Å². The minimum absolute atomic E-state index is 0.592. The number of rotatable bonds is 13. The quantitative estimate of drug-likeness (QED) is 0.101. The van der Waals surface area contributed by atoms with E-state index in [0.717, 1.165) is 182 Å². The van der Waals surface area contributed by atoms with Gasteiger partial charge in [-0.1, -0.05) is 400 Å². The highest BCUT2D eigenvalue weighted by Crippen LogP contribution is 2.49. The molecule has 12 heteroatoms. The van der Waals surface area contributed by atoms with Crippen LogP contribution in [0.3, 0.4) is 0 Å². The van der Waals surface area contributed by atoms with Crippen LogP contribution < -0.4 is 0 Å². The Morgan fingerprint density at radius 3 is 0.919 bits per heavy atom. The van der Waals surface area contributed by atoms with Crippen LogP contribution in [-0.4, -0.2) is 44.9 Å². The van der Waals surface area contributed by atoms with E-state index >= 15 is 0 Å². The molecule has 0 aliphatic rings. The molecular formula is C137H83N9O3. The van der Waals surface area contributed by atoms with Gasteiger partial charge in [0.15, 0.2) is 52.4 Å². The van der Waals surface area contributed by atoms with Gasteiger partial charge in [-0.05, 0) is 228 Å². The van der Waals surface area contributed by atoms with Gasteiger partial charge in [0.25, 0.3) is 0 Å². The van der Waals surface area contributed by atoms with Crippen LogP contribution in [0.4, 0.5) is 0 Å². The second-order valence-corrected chi connectivity index (χ2v) is 37.7. The lowest BCUT2D eigenvalue weighted by Gasteiger charge is -2.14. The highest BCUT2D eigenvalue weighted by Gasteiger charge is 2.28. The predicted octanol–water partition coefficient (Wildman–Crippen LogP) is 36.2. The summed E-state index contributed by atoms with van der Waals surface area (Å²) < 4.78 is 19.7. The zero-order chi connectivity index (χ0) is 98.4. The molecule has 0 unspecified atom stereocenters. The predicted molar refractivity (Wildman–Crippen MR) is 612 cm³/mol. The standard InChI is InChI=1S/C47H29N3O.2C45H27N3O/c1-2-11-30(12-3-1)35-17-10-18-36(25-35)39-28-41(44-40-19-8-9-20-42(40)51-43(44)29-39)47-49-45(37-23-21-31-13-4-6-15-33(31)26-37)48-46(50-47)38-24-22-32-14-5-7-16-34(32)27-38;1-4-12-31-25-34(20-17-28(31)9-1)37-23-24-40-41(38-15-7-8-16-39(38)49-40)42(37)45-47-43(35-21-18-29-10-2-5-13-32(29)26-35)46-44(48-45)36-22-19-30-11-3-6-14-33(30)27-36;1-2-13-29(14-3-1)43-46-44(32-23-22-28-12-4-5-15-30(28)26-32)48-45(47-43)38-25-24-36(42-41(38)37-20-10-11-21-40(37)49-42)39-27-31-16-6-7-17-33(31)34-18-8-9-19-35(34)39/h1-29H;2*1-27H. The van der Waals surface area contributed by atoms with Crippen LogP contribution in [-0.2, 0) is 0 Å². The molecule has 0 aliphatic heterocycles. The maximum absolute atomic E-state index is 6.77. The summed E-state index contributed by atoms with van der Waals surface area (Å²) in [5, 5.41) is 24.7. The lowest BCUT2D eigenvalue weighted by Crippen LogP contribution is -2.01. The van der Waals surface area contributed by atoms with Crippen molar-refractivity contribution in [2.45, 2.75) is 0 Å². The van der Waals surface area contributed by atoms with Gasteiger partial charge < -0.3 is 13.3 Å². The van der Waals surface area contributed by atoms with Crippen LogP contribution in [0.1, 0.15) is 0 Å². The molecule has 0 N–H and O–H groups in total. The first-order valence-electron chi connectivity index (χ1n) is 50.0. The smallest absolute Gasteiger partial charge is 0.165 e. The van der Waals surface area contributed by atoms with E-state index in [2.05, 4.69) is 425 Å². The van der Waals surface area contributed by atoms with E-state index in [1.54, 1.807) is 0 Å². The molecule has 0 spiro atoms. The first kappa shape index (κ1) is 86.7. The third kappa shape index (κ3) is 16.1. The number of hydrogen-bond donors (Lipinski definition) is 0. The summed E-state index contributed by atoms with van der Waals surface area (Å²) in [5.41, 5.74) is 21.9. The van der Waals surface area contributed by atoms with Crippen LogP contribution in [0.5, 0.6) is 0 Å². The molecule has 149 heavy (non-hydrogen) atoms. The minimum Gasteiger partial charge on any atom is -0.456 e. The maximum atomic E-state index is 6.77. The summed E-state index contributed by atoms with van der Waals surface area (Å²) >= 11 is 0. The van der Waals surface area contributed by atoms with Crippen molar-refractivity contribution in [1.82, 2.24) is 44.9 Å². The van der Waals surface area contributed by atoms with E-state index in [1.165, 1.54) is 64.8 Å². The van der Waals surface area contributed by atoms with Crippen molar-refractivity contribution in [2.75, 3.05) is 0 Å². The van der Waals surface area contributed by atoms with Crippen molar-refractivity contribution in [2.24, 2.45) is 0 Å². The van der Waals surface area contributed by atoms with Crippen LogP contribution >= 0.6 is 0 Å². The first-order chi connectivity index (χ1) is 73.8. The molecule has 6 aromatic heterocycles. The number of hydrogen-bond acceptors (Lipinski definition) is 12. The van der Waals surface area contributed by atoms with Crippen LogP contribution in [0.2, 0.25) is 0 Å². The number of aromatic nitrogens is 9.